The second kappa shape index (κ2) is 8.31. The van der Waals surface area contributed by atoms with Crippen LogP contribution in [0.25, 0.3) is 11.7 Å². The summed E-state index contributed by atoms with van der Waals surface area (Å²) >= 11 is 9.53. The first-order valence-electron chi connectivity index (χ1n) is 9.01. The summed E-state index contributed by atoms with van der Waals surface area (Å²) in [7, 11) is 0. The van der Waals surface area contributed by atoms with E-state index in [-0.39, 0.29) is 23.4 Å². The van der Waals surface area contributed by atoms with Gasteiger partial charge in [0.25, 0.3) is 5.89 Å². The van der Waals surface area contributed by atoms with E-state index in [1.807, 2.05) is 11.0 Å². The molecule has 0 bridgehead atoms. The minimum absolute atomic E-state index is 0.0665. The van der Waals surface area contributed by atoms with Crippen LogP contribution in [0, 0.1) is 17.2 Å². The molecule has 0 saturated carbocycles. The van der Waals surface area contributed by atoms with Gasteiger partial charge in [-0.05, 0) is 43.2 Å². The molecule has 1 fully saturated rings. The predicted octanol–water partition coefficient (Wildman–Crippen LogP) is 5.08. The van der Waals surface area contributed by atoms with E-state index in [1.165, 1.54) is 6.26 Å². The molecule has 1 saturated heterocycles. The first-order chi connectivity index (χ1) is 14.0. The van der Waals surface area contributed by atoms with Gasteiger partial charge in [0.05, 0.1) is 17.0 Å². The van der Waals surface area contributed by atoms with Crippen LogP contribution in [-0.4, -0.2) is 24.0 Å². The van der Waals surface area contributed by atoms with Crippen molar-refractivity contribution in [1.82, 2.24) is 4.98 Å². The number of aromatic nitrogens is 1. The highest BCUT2D eigenvalue weighted by Gasteiger charge is 2.29. The van der Waals surface area contributed by atoms with Crippen molar-refractivity contribution in [2.75, 3.05) is 23.3 Å². The van der Waals surface area contributed by atoms with Gasteiger partial charge in [-0.25, -0.2) is 0 Å². The zero-order chi connectivity index (χ0) is 20.4. The molecule has 2 aromatic heterocycles. The number of carbonyl (C=O) groups excluding carboxylic acids is 1. The van der Waals surface area contributed by atoms with Gasteiger partial charge in [0.15, 0.2) is 5.76 Å². The normalized spacial score (nSPS) is 14.6. The van der Waals surface area contributed by atoms with E-state index in [0.29, 0.717) is 48.3 Å². The molecule has 9 heteroatoms. The third kappa shape index (κ3) is 4.16. The molecule has 1 aliphatic heterocycles. The lowest BCUT2D eigenvalue weighted by Gasteiger charge is -2.31. The second-order valence-electron chi connectivity index (χ2n) is 6.64. The Morgan fingerprint density at radius 2 is 2.14 bits per heavy atom. The first kappa shape index (κ1) is 19.6. The number of amides is 1. The molecule has 1 amide bonds. The molecular formula is C20H16BrClN4O3. The van der Waals surface area contributed by atoms with Crippen LogP contribution in [0.3, 0.4) is 0 Å². The number of piperidine rings is 1. The maximum Gasteiger partial charge on any atom is 0.266 e. The predicted molar refractivity (Wildman–Crippen MR) is 112 cm³/mol. The minimum atomic E-state index is -0.149. The van der Waals surface area contributed by atoms with Gasteiger partial charge in [-0.1, -0.05) is 27.5 Å². The molecule has 1 aliphatic rings. The Morgan fingerprint density at radius 1 is 1.34 bits per heavy atom. The maximum atomic E-state index is 12.6. The highest BCUT2D eigenvalue weighted by molar-refractivity contribution is 9.10. The summed E-state index contributed by atoms with van der Waals surface area (Å²) in [6.07, 6.45) is 2.77. The maximum absolute atomic E-state index is 12.6. The molecule has 148 valence electrons. The number of nitrogens with one attached hydrogen (secondary N) is 1. The molecule has 0 atom stereocenters. The highest BCUT2D eigenvalue weighted by Crippen LogP contribution is 2.32. The van der Waals surface area contributed by atoms with Crippen molar-refractivity contribution in [3.63, 3.8) is 0 Å². The van der Waals surface area contributed by atoms with Gasteiger partial charge >= 0.3 is 0 Å². The van der Waals surface area contributed by atoms with Crippen LogP contribution in [0.2, 0.25) is 5.02 Å². The molecule has 0 spiro atoms. The van der Waals surface area contributed by atoms with Crippen molar-refractivity contribution in [2.45, 2.75) is 12.8 Å². The summed E-state index contributed by atoms with van der Waals surface area (Å²) in [5.74, 6) is 0.931. The average molecular weight is 476 g/mol. The number of furan rings is 1. The molecule has 4 rings (SSSR count). The van der Waals surface area contributed by atoms with Crippen molar-refractivity contribution in [2.24, 2.45) is 5.92 Å². The van der Waals surface area contributed by atoms with E-state index in [4.69, 9.17) is 20.4 Å². The smallest absolute Gasteiger partial charge is 0.266 e. The molecule has 7 nitrogen and oxygen atoms in total. The van der Waals surface area contributed by atoms with Gasteiger partial charge in [0.1, 0.15) is 6.07 Å². The monoisotopic (exact) mass is 474 g/mol. The summed E-state index contributed by atoms with van der Waals surface area (Å²) in [5, 5.41) is 12.8. The van der Waals surface area contributed by atoms with Crippen LogP contribution in [-0.2, 0) is 4.79 Å². The fourth-order valence-corrected chi connectivity index (χ4v) is 4.00. The Morgan fingerprint density at radius 3 is 2.79 bits per heavy atom. The molecule has 0 aliphatic carbocycles. The summed E-state index contributed by atoms with van der Waals surface area (Å²) in [6, 6.07) is 10.9. The SMILES string of the molecule is N#Cc1nc(-c2ccco2)oc1N1CCC(C(=O)Nc2ccc(Br)cc2Cl)CC1. The Labute approximate surface area is 180 Å². The number of rotatable bonds is 4. The van der Waals surface area contributed by atoms with Crippen LogP contribution in [0.5, 0.6) is 0 Å². The van der Waals surface area contributed by atoms with E-state index in [2.05, 4.69) is 32.3 Å². The van der Waals surface area contributed by atoms with Gasteiger partial charge < -0.3 is 19.1 Å². The fourth-order valence-electron chi connectivity index (χ4n) is 3.28. The number of oxazole rings is 1. The van der Waals surface area contributed by atoms with Gasteiger partial charge in [-0.3, -0.25) is 4.79 Å². The number of nitrogens with zero attached hydrogens (tertiary/aromatic N) is 3. The van der Waals surface area contributed by atoms with E-state index in [0.717, 1.165) is 4.47 Å². The van der Waals surface area contributed by atoms with Crippen molar-refractivity contribution >= 4 is 45.0 Å². The van der Waals surface area contributed by atoms with E-state index < -0.39 is 0 Å². The summed E-state index contributed by atoms with van der Waals surface area (Å²) in [4.78, 5) is 18.8. The molecule has 0 radical (unpaired) electrons. The molecular weight excluding hydrogens is 460 g/mol. The van der Waals surface area contributed by atoms with Crippen LogP contribution < -0.4 is 10.2 Å². The van der Waals surface area contributed by atoms with Crippen LogP contribution in [0.4, 0.5) is 11.6 Å². The number of hydrogen-bond acceptors (Lipinski definition) is 6. The third-order valence-electron chi connectivity index (χ3n) is 4.79. The lowest BCUT2D eigenvalue weighted by molar-refractivity contribution is -0.120. The lowest BCUT2D eigenvalue weighted by atomic mass is 9.96. The van der Waals surface area contributed by atoms with Crippen molar-refractivity contribution in [3.05, 3.63) is 51.8 Å². The molecule has 29 heavy (non-hydrogen) atoms. The van der Waals surface area contributed by atoms with E-state index in [9.17, 15) is 10.1 Å². The summed E-state index contributed by atoms with van der Waals surface area (Å²) in [5.41, 5.74) is 0.799. The first-order valence-corrected chi connectivity index (χ1v) is 10.2. The molecule has 1 aromatic carbocycles. The van der Waals surface area contributed by atoms with E-state index >= 15 is 0 Å². The zero-order valence-corrected chi connectivity index (χ0v) is 17.5. The number of hydrogen-bond donors (Lipinski definition) is 1. The average Bonchev–Trinajstić information content (AvgIpc) is 3.39. The number of nitriles is 1. The lowest BCUT2D eigenvalue weighted by Crippen LogP contribution is -2.38. The second-order valence-corrected chi connectivity index (χ2v) is 7.96. The Bertz CT molecular complexity index is 1070. The molecule has 0 unspecified atom stereocenters. The largest absolute Gasteiger partial charge is 0.459 e. The van der Waals surface area contributed by atoms with Crippen molar-refractivity contribution in [3.8, 4) is 17.7 Å². The van der Waals surface area contributed by atoms with Crippen molar-refractivity contribution < 1.29 is 13.6 Å². The quantitative estimate of drug-likeness (QED) is 0.565. The van der Waals surface area contributed by atoms with Crippen LogP contribution >= 0.6 is 27.5 Å². The minimum Gasteiger partial charge on any atom is -0.459 e. The third-order valence-corrected chi connectivity index (χ3v) is 5.60. The number of benzene rings is 1. The fraction of sp³-hybridized carbons (Fsp3) is 0.250. The Balaban J connectivity index is 1.42. The number of carbonyl (C=O) groups is 1. The highest BCUT2D eigenvalue weighted by atomic mass is 79.9. The summed E-state index contributed by atoms with van der Waals surface area (Å²) < 4.78 is 11.9. The number of halogens is 2. The van der Waals surface area contributed by atoms with Gasteiger partial charge in [-0.15, -0.1) is 0 Å². The van der Waals surface area contributed by atoms with E-state index in [1.54, 1.807) is 24.3 Å². The molecule has 3 aromatic rings. The summed E-state index contributed by atoms with van der Waals surface area (Å²) in [6.45, 7) is 1.15. The standard InChI is InChI=1S/C20H16BrClN4O3/c21-13-3-4-15(14(22)10-13)24-18(27)12-5-7-26(8-6-12)20-16(11-23)25-19(29-20)17-2-1-9-28-17/h1-4,9-10,12H,5-8H2,(H,24,27). The van der Waals surface area contributed by atoms with Crippen molar-refractivity contribution in [1.29, 1.82) is 5.26 Å². The van der Waals surface area contributed by atoms with Gasteiger partial charge in [-0.2, -0.15) is 10.2 Å². The van der Waals surface area contributed by atoms with Crippen LogP contribution in [0.1, 0.15) is 18.5 Å². The van der Waals surface area contributed by atoms with Crippen LogP contribution in [0.15, 0.2) is 49.9 Å². The Hall–Kier alpha value is -2.76. The number of anilines is 2. The van der Waals surface area contributed by atoms with Gasteiger partial charge in [0.2, 0.25) is 17.5 Å². The Kier molecular flexibility index (Phi) is 5.60. The topological polar surface area (TPSA) is 95.3 Å². The zero-order valence-electron chi connectivity index (χ0n) is 15.2. The molecule has 1 N–H and O–H groups in total. The van der Waals surface area contributed by atoms with Gasteiger partial charge in [0, 0.05) is 23.5 Å². The molecule has 3 heterocycles.